The van der Waals surface area contributed by atoms with E-state index < -0.39 is 18.5 Å². The van der Waals surface area contributed by atoms with Gasteiger partial charge >= 0.3 is 12.6 Å². The maximum Gasteiger partial charge on any atom is 0.387 e. The number of amides is 1. The molecule has 1 amide bonds. The minimum atomic E-state index is -3.11. The lowest BCUT2D eigenvalue weighted by atomic mass is 10.1. The first kappa shape index (κ1) is 18.9. The second-order valence-electron chi connectivity index (χ2n) is 4.48. The van der Waals surface area contributed by atoms with Crippen molar-refractivity contribution < 1.29 is 32.6 Å². The zero-order valence-electron chi connectivity index (χ0n) is 13.0. The Morgan fingerprint density at radius 3 is 2.44 bits per heavy atom. The quantitative estimate of drug-likeness (QED) is 0.752. The molecule has 0 radical (unpaired) electrons. The van der Waals surface area contributed by atoms with E-state index in [9.17, 15) is 18.4 Å². The van der Waals surface area contributed by atoms with Gasteiger partial charge in [0.05, 0.1) is 34.7 Å². The number of hydrogen-bond donors (Lipinski definition) is 1. The molecule has 1 aromatic heterocycles. The molecule has 1 heterocycles. The Hall–Kier alpha value is -2.39. The number of esters is 1. The lowest BCUT2D eigenvalue weighted by molar-refractivity contribution is -0.0511. The molecule has 0 aliphatic rings. The van der Waals surface area contributed by atoms with Crippen LogP contribution in [0, 0.1) is 0 Å². The molecule has 0 aliphatic heterocycles. The molecule has 10 heteroatoms. The third kappa shape index (κ3) is 4.58. The van der Waals surface area contributed by atoms with Crippen molar-refractivity contribution >= 4 is 40.5 Å². The van der Waals surface area contributed by atoms with Gasteiger partial charge in [0.1, 0.15) is 0 Å². The molecule has 0 aliphatic carbocycles. The fourth-order valence-electron chi connectivity index (χ4n) is 1.91. The first-order chi connectivity index (χ1) is 11.8. The first-order valence-corrected chi connectivity index (χ1v) is 7.87. The number of carbonyl (C=O) groups is 2. The highest BCUT2D eigenvalue weighted by Crippen LogP contribution is 2.35. The van der Waals surface area contributed by atoms with E-state index in [4.69, 9.17) is 16.3 Å². The number of benzene rings is 1. The van der Waals surface area contributed by atoms with Crippen LogP contribution in [0.3, 0.4) is 0 Å². The van der Waals surface area contributed by atoms with Crippen molar-refractivity contribution in [2.45, 2.75) is 6.61 Å². The van der Waals surface area contributed by atoms with Crippen molar-refractivity contribution in [3.63, 3.8) is 0 Å². The van der Waals surface area contributed by atoms with Gasteiger partial charge in [0.25, 0.3) is 5.91 Å². The third-order valence-corrected chi connectivity index (χ3v) is 4.20. The molecular formula is C15H12ClF2NO5S. The lowest BCUT2D eigenvalue weighted by Gasteiger charge is -2.15. The van der Waals surface area contributed by atoms with Crippen molar-refractivity contribution in [1.29, 1.82) is 0 Å². The molecule has 2 aromatic rings. The van der Waals surface area contributed by atoms with E-state index in [1.165, 1.54) is 19.2 Å². The SMILES string of the molecule is COC(=O)c1cc(OC)c(OC(F)F)cc1NC(=O)c1ccc(Cl)s1. The summed E-state index contributed by atoms with van der Waals surface area (Å²) in [6.07, 6.45) is 0. The zero-order valence-corrected chi connectivity index (χ0v) is 14.5. The van der Waals surface area contributed by atoms with Crippen molar-refractivity contribution in [2.24, 2.45) is 0 Å². The molecule has 2 rings (SSSR count). The van der Waals surface area contributed by atoms with E-state index in [-0.39, 0.29) is 27.6 Å². The largest absolute Gasteiger partial charge is 0.493 e. The van der Waals surface area contributed by atoms with Gasteiger partial charge in [-0.1, -0.05) is 11.6 Å². The number of nitrogens with one attached hydrogen (secondary N) is 1. The van der Waals surface area contributed by atoms with Crippen molar-refractivity contribution in [3.8, 4) is 11.5 Å². The highest BCUT2D eigenvalue weighted by molar-refractivity contribution is 7.18. The highest BCUT2D eigenvalue weighted by atomic mass is 35.5. The number of hydrogen-bond acceptors (Lipinski definition) is 6. The third-order valence-electron chi connectivity index (χ3n) is 2.97. The first-order valence-electron chi connectivity index (χ1n) is 6.67. The van der Waals surface area contributed by atoms with Gasteiger partial charge in [-0.2, -0.15) is 8.78 Å². The van der Waals surface area contributed by atoms with E-state index in [1.807, 2.05) is 0 Å². The summed E-state index contributed by atoms with van der Waals surface area (Å²) in [5.41, 5.74) is -0.158. The summed E-state index contributed by atoms with van der Waals surface area (Å²) in [6, 6.07) is 5.22. The number of anilines is 1. The smallest absolute Gasteiger partial charge is 0.387 e. The van der Waals surface area contributed by atoms with Crippen LogP contribution in [-0.4, -0.2) is 32.7 Å². The Morgan fingerprint density at radius 2 is 1.92 bits per heavy atom. The number of alkyl halides is 2. The molecular weight excluding hydrogens is 380 g/mol. The number of carbonyl (C=O) groups excluding carboxylic acids is 2. The maximum atomic E-state index is 12.6. The standard InChI is InChI=1S/C15H12ClF2NO5S/c1-22-9-5-7(14(21)23-2)8(6-10(9)24-15(17)18)19-13(20)11-3-4-12(16)25-11/h3-6,15H,1-2H3,(H,19,20). The minimum absolute atomic E-state index is 0.0715. The second kappa shape index (κ2) is 8.13. The van der Waals surface area contributed by atoms with Gasteiger partial charge in [0, 0.05) is 12.1 Å². The van der Waals surface area contributed by atoms with Crippen LogP contribution < -0.4 is 14.8 Å². The molecule has 0 saturated carbocycles. The lowest BCUT2D eigenvalue weighted by Crippen LogP contribution is -2.15. The van der Waals surface area contributed by atoms with Crippen LogP contribution in [0.25, 0.3) is 0 Å². The van der Waals surface area contributed by atoms with E-state index >= 15 is 0 Å². The summed E-state index contributed by atoms with van der Waals surface area (Å²) in [5.74, 6) is -1.82. The second-order valence-corrected chi connectivity index (χ2v) is 6.19. The Labute approximate surface area is 150 Å². The van der Waals surface area contributed by atoms with Crippen LogP contribution in [-0.2, 0) is 4.74 Å². The number of methoxy groups -OCH3 is 2. The van der Waals surface area contributed by atoms with Gasteiger partial charge in [-0.3, -0.25) is 4.79 Å². The number of ether oxygens (including phenoxy) is 3. The Kier molecular flexibility index (Phi) is 6.16. The summed E-state index contributed by atoms with van der Waals surface area (Å²) in [5, 5.41) is 2.45. The Balaban J connectivity index is 2.44. The number of halogens is 3. The molecule has 6 nitrogen and oxygen atoms in total. The van der Waals surface area contributed by atoms with Crippen LogP contribution in [0.2, 0.25) is 4.34 Å². The van der Waals surface area contributed by atoms with Crippen LogP contribution in [0.4, 0.5) is 14.5 Å². The van der Waals surface area contributed by atoms with Crippen molar-refractivity contribution in [1.82, 2.24) is 0 Å². The van der Waals surface area contributed by atoms with E-state index in [0.29, 0.717) is 4.34 Å². The summed E-state index contributed by atoms with van der Waals surface area (Å²) in [6.45, 7) is -3.11. The molecule has 0 spiro atoms. The number of thiophene rings is 1. The Morgan fingerprint density at radius 1 is 1.20 bits per heavy atom. The monoisotopic (exact) mass is 391 g/mol. The molecule has 0 atom stereocenters. The van der Waals surface area contributed by atoms with Crippen LogP contribution in [0.5, 0.6) is 11.5 Å². The molecule has 25 heavy (non-hydrogen) atoms. The topological polar surface area (TPSA) is 73.9 Å². The van der Waals surface area contributed by atoms with Crippen LogP contribution in [0.15, 0.2) is 24.3 Å². The minimum Gasteiger partial charge on any atom is -0.493 e. The summed E-state index contributed by atoms with van der Waals surface area (Å²) in [7, 11) is 2.36. The molecule has 0 unspecified atom stereocenters. The fourth-order valence-corrected chi connectivity index (χ4v) is 2.85. The van der Waals surface area contributed by atoms with Gasteiger partial charge in [-0.25, -0.2) is 4.79 Å². The predicted octanol–water partition coefficient (Wildman–Crippen LogP) is 4.05. The van der Waals surface area contributed by atoms with E-state index in [2.05, 4.69) is 14.8 Å². The fraction of sp³-hybridized carbons (Fsp3) is 0.200. The summed E-state index contributed by atoms with van der Waals surface area (Å²) in [4.78, 5) is 24.4. The molecule has 0 fully saturated rings. The molecule has 0 bridgehead atoms. The van der Waals surface area contributed by atoms with Crippen molar-refractivity contribution in [3.05, 3.63) is 39.0 Å². The molecule has 1 N–H and O–H groups in total. The maximum absolute atomic E-state index is 12.6. The average Bonchev–Trinajstić information content (AvgIpc) is 3.00. The van der Waals surface area contributed by atoms with Gasteiger partial charge in [-0.05, 0) is 12.1 Å². The molecule has 0 saturated heterocycles. The Bertz CT molecular complexity index is 796. The number of rotatable bonds is 6. The van der Waals surface area contributed by atoms with E-state index in [0.717, 1.165) is 30.6 Å². The van der Waals surface area contributed by atoms with Gasteiger partial charge in [-0.15, -0.1) is 11.3 Å². The highest BCUT2D eigenvalue weighted by Gasteiger charge is 2.21. The molecule has 1 aromatic carbocycles. The molecule has 134 valence electrons. The predicted molar refractivity (Wildman–Crippen MR) is 88.2 cm³/mol. The zero-order chi connectivity index (χ0) is 18.6. The van der Waals surface area contributed by atoms with Gasteiger partial charge < -0.3 is 19.5 Å². The average molecular weight is 392 g/mol. The summed E-state index contributed by atoms with van der Waals surface area (Å²) >= 11 is 6.80. The van der Waals surface area contributed by atoms with E-state index in [1.54, 1.807) is 0 Å². The van der Waals surface area contributed by atoms with Crippen LogP contribution in [0.1, 0.15) is 20.0 Å². The van der Waals surface area contributed by atoms with Gasteiger partial charge in [0.15, 0.2) is 11.5 Å². The normalized spacial score (nSPS) is 10.5. The van der Waals surface area contributed by atoms with Crippen LogP contribution >= 0.6 is 22.9 Å². The van der Waals surface area contributed by atoms with Gasteiger partial charge in [0.2, 0.25) is 0 Å². The van der Waals surface area contributed by atoms with Crippen molar-refractivity contribution in [2.75, 3.05) is 19.5 Å². The summed E-state index contributed by atoms with van der Waals surface area (Å²) < 4.78 is 39.4.